The Labute approximate surface area is 154 Å². The second-order valence-corrected chi connectivity index (χ2v) is 6.44. The molecule has 1 aromatic rings. The minimum Gasteiger partial charge on any atom is -0.496 e. The van der Waals surface area contributed by atoms with E-state index in [9.17, 15) is 9.59 Å². The predicted molar refractivity (Wildman–Crippen MR) is 101 cm³/mol. The molecule has 2 rings (SSSR count). The molecule has 0 aromatic heterocycles. The average molecular weight is 360 g/mol. The minimum absolute atomic E-state index is 0.103. The molecule has 1 unspecified atom stereocenters. The van der Waals surface area contributed by atoms with Gasteiger partial charge in [0.2, 0.25) is 0 Å². The van der Waals surface area contributed by atoms with Crippen LogP contribution in [0.1, 0.15) is 50.7 Å². The van der Waals surface area contributed by atoms with Crippen LogP contribution >= 0.6 is 0 Å². The number of amides is 3. The van der Waals surface area contributed by atoms with E-state index in [4.69, 9.17) is 9.47 Å². The van der Waals surface area contributed by atoms with Crippen LogP contribution in [0.4, 0.5) is 4.79 Å². The van der Waals surface area contributed by atoms with Crippen LogP contribution in [0.3, 0.4) is 0 Å². The van der Waals surface area contributed by atoms with Crippen molar-refractivity contribution in [2.75, 3.05) is 14.2 Å². The monoisotopic (exact) mass is 360 g/mol. The molecule has 0 radical (unpaired) electrons. The summed E-state index contributed by atoms with van der Waals surface area (Å²) in [7, 11) is 3.09. The fourth-order valence-corrected chi connectivity index (χ4v) is 3.29. The Balaban J connectivity index is 2.42. The van der Waals surface area contributed by atoms with Crippen molar-refractivity contribution in [3.63, 3.8) is 0 Å². The lowest BCUT2D eigenvalue weighted by atomic mass is 9.90. The zero-order valence-corrected chi connectivity index (χ0v) is 16.0. The molecule has 1 aliphatic heterocycles. The van der Waals surface area contributed by atoms with Crippen LogP contribution in [0, 0.1) is 5.92 Å². The molecule has 1 atom stereocenters. The number of rotatable bonds is 9. The van der Waals surface area contributed by atoms with Gasteiger partial charge in [-0.05, 0) is 24.0 Å². The molecule has 1 saturated heterocycles. The minimum atomic E-state index is -0.555. The highest BCUT2D eigenvalue weighted by Gasteiger charge is 2.30. The third kappa shape index (κ3) is 4.36. The maximum Gasteiger partial charge on any atom is 0.326 e. The van der Waals surface area contributed by atoms with Gasteiger partial charge in [0.25, 0.3) is 5.91 Å². The van der Waals surface area contributed by atoms with Crippen molar-refractivity contribution in [1.82, 2.24) is 10.6 Å². The normalized spacial score (nSPS) is 16.8. The molecule has 1 aliphatic rings. The van der Waals surface area contributed by atoms with Crippen LogP contribution < -0.4 is 15.4 Å². The Morgan fingerprint density at radius 1 is 1.15 bits per heavy atom. The summed E-state index contributed by atoms with van der Waals surface area (Å²) in [5.74, 6) is 1.05. The summed E-state index contributed by atoms with van der Waals surface area (Å²) < 4.78 is 11.1. The maximum absolute atomic E-state index is 12.0. The van der Waals surface area contributed by atoms with E-state index in [-0.39, 0.29) is 5.70 Å². The van der Waals surface area contributed by atoms with Gasteiger partial charge in [-0.1, -0.05) is 51.7 Å². The highest BCUT2D eigenvalue weighted by molar-refractivity contribution is 6.15. The fraction of sp³-hybridized carbons (Fsp3) is 0.500. The average Bonchev–Trinajstić information content (AvgIpc) is 2.97. The number of ether oxygens (including phenoxy) is 2. The lowest BCUT2D eigenvalue weighted by Crippen LogP contribution is -2.22. The molecule has 26 heavy (non-hydrogen) atoms. The zero-order valence-electron chi connectivity index (χ0n) is 16.0. The number of unbranched alkanes of at least 4 members (excludes halogenated alkanes) is 1. The van der Waals surface area contributed by atoms with E-state index in [1.54, 1.807) is 7.11 Å². The lowest BCUT2D eigenvalue weighted by molar-refractivity contribution is -0.115. The van der Waals surface area contributed by atoms with E-state index >= 15 is 0 Å². The molecule has 2 N–H and O–H groups in total. The van der Waals surface area contributed by atoms with Crippen LogP contribution in [0.15, 0.2) is 23.9 Å². The van der Waals surface area contributed by atoms with E-state index in [0.717, 1.165) is 18.4 Å². The summed E-state index contributed by atoms with van der Waals surface area (Å²) in [5, 5.41) is 4.70. The summed E-state index contributed by atoms with van der Waals surface area (Å²) in [6.45, 7) is 4.41. The topological polar surface area (TPSA) is 76.7 Å². The van der Waals surface area contributed by atoms with Gasteiger partial charge in [0.05, 0.1) is 19.8 Å². The van der Waals surface area contributed by atoms with E-state index < -0.39 is 11.9 Å². The first-order valence-corrected chi connectivity index (χ1v) is 9.12. The van der Waals surface area contributed by atoms with Gasteiger partial charge in [-0.15, -0.1) is 0 Å². The molecule has 6 nitrogen and oxygen atoms in total. The molecule has 0 saturated carbocycles. The number of urea groups is 1. The Morgan fingerprint density at radius 2 is 1.92 bits per heavy atom. The van der Waals surface area contributed by atoms with Crippen molar-refractivity contribution in [1.29, 1.82) is 0 Å². The van der Waals surface area contributed by atoms with Crippen molar-refractivity contribution >= 4 is 17.7 Å². The van der Waals surface area contributed by atoms with Gasteiger partial charge in [-0.3, -0.25) is 15.4 Å². The van der Waals surface area contributed by atoms with E-state index in [1.165, 1.54) is 26.4 Å². The molecular weight excluding hydrogens is 332 g/mol. The molecule has 0 spiro atoms. The Morgan fingerprint density at radius 3 is 2.46 bits per heavy atom. The number of hydrogen-bond donors (Lipinski definition) is 2. The zero-order chi connectivity index (χ0) is 19.1. The highest BCUT2D eigenvalue weighted by atomic mass is 16.5. The number of hydrogen-bond acceptors (Lipinski definition) is 4. The standard InChI is InChI=1S/C20H28N2O4/c1-5-7-9-13(6-2)12-14-10-8-11-15(17(14)25-3)18(26-4)16-19(23)22-20(24)21-16/h8,10-11,13H,5-7,9,12H2,1-4H3,(H2,21,22,23,24)/b18-16+. The van der Waals surface area contributed by atoms with E-state index in [1.807, 2.05) is 18.2 Å². The molecular formula is C20H28N2O4. The van der Waals surface area contributed by atoms with Crippen LogP contribution in [0.2, 0.25) is 0 Å². The van der Waals surface area contributed by atoms with Gasteiger partial charge in [0, 0.05) is 0 Å². The number of para-hydroxylation sites is 1. The van der Waals surface area contributed by atoms with Gasteiger partial charge in [0.15, 0.2) is 11.5 Å². The van der Waals surface area contributed by atoms with Crippen molar-refractivity contribution < 1.29 is 19.1 Å². The Bertz CT molecular complexity index is 697. The van der Waals surface area contributed by atoms with Crippen LogP contribution in [-0.2, 0) is 16.0 Å². The number of carbonyl (C=O) groups excluding carboxylic acids is 2. The first-order valence-electron chi connectivity index (χ1n) is 9.12. The summed E-state index contributed by atoms with van der Waals surface area (Å²) >= 11 is 0. The smallest absolute Gasteiger partial charge is 0.326 e. The summed E-state index contributed by atoms with van der Waals surface area (Å²) in [4.78, 5) is 23.5. The first kappa shape index (κ1) is 19.8. The fourth-order valence-electron chi connectivity index (χ4n) is 3.29. The molecule has 1 heterocycles. The number of benzene rings is 1. The van der Waals surface area contributed by atoms with Crippen molar-refractivity contribution in [3.05, 3.63) is 35.0 Å². The number of methoxy groups -OCH3 is 2. The predicted octanol–water partition coefficient (Wildman–Crippen LogP) is 3.61. The molecule has 3 amide bonds. The van der Waals surface area contributed by atoms with Gasteiger partial charge in [-0.25, -0.2) is 4.79 Å². The lowest BCUT2D eigenvalue weighted by Gasteiger charge is -2.19. The molecule has 6 heteroatoms. The molecule has 0 aliphatic carbocycles. The van der Waals surface area contributed by atoms with Crippen molar-refractivity contribution in [3.8, 4) is 5.75 Å². The Hall–Kier alpha value is -2.50. The third-order valence-corrected chi connectivity index (χ3v) is 4.72. The molecule has 1 aromatic carbocycles. The summed E-state index contributed by atoms with van der Waals surface area (Å²) in [6.07, 6.45) is 5.57. The maximum atomic E-state index is 12.0. The van der Waals surface area contributed by atoms with Gasteiger partial charge < -0.3 is 9.47 Å². The Kier molecular flexibility index (Phi) is 7.06. The third-order valence-electron chi connectivity index (χ3n) is 4.72. The number of carbonyl (C=O) groups is 2. The molecule has 0 bridgehead atoms. The largest absolute Gasteiger partial charge is 0.496 e. The van der Waals surface area contributed by atoms with Gasteiger partial charge >= 0.3 is 6.03 Å². The molecule has 142 valence electrons. The number of nitrogens with one attached hydrogen (secondary N) is 2. The van der Waals surface area contributed by atoms with Crippen molar-refractivity contribution in [2.24, 2.45) is 5.92 Å². The van der Waals surface area contributed by atoms with Crippen LogP contribution in [0.5, 0.6) is 5.75 Å². The first-order chi connectivity index (χ1) is 12.5. The van der Waals surface area contributed by atoms with Crippen LogP contribution in [0.25, 0.3) is 5.76 Å². The summed E-state index contributed by atoms with van der Waals surface area (Å²) in [6, 6.07) is 5.25. The highest BCUT2D eigenvalue weighted by Crippen LogP contribution is 2.34. The van der Waals surface area contributed by atoms with Gasteiger partial charge in [0.1, 0.15) is 5.75 Å². The van der Waals surface area contributed by atoms with E-state index in [0.29, 0.717) is 23.0 Å². The number of imide groups is 1. The van der Waals surface area contributed by atoms with E-state index in [2.05, 4.69) is 24.5 Å². The quantitative estimate of drug-likeness (QED) is 0.401. The van der Waals surface area contributed by atoms with Gasteiger partial charge in [-0.2, -0.15) is 0 Å². The second-order valence-electron chi connectivity index (χ2n) is 6.44. The summed E-state index contributed by atoms with van der Waals surface area (Å²) in [5.41, 5.74) is 1.84. The molecule has 1 fully saturated rings. The second kappa shape index (κ2) is 9.27. The van der Waals surface area contributed by atoms with Crippen molar-refractivity contribution in [2.45, 2.75) is 46.0 Å². The van der Waals surface area contributed by atoms with Crippen LogP contribution in [-0.4, -0.2) is 26.2 Å². The SMILES string of the molecule is CCCCC(CC)Cc1cccc(/C(OC)=C2\NC(=O)NC2=O)c1OC.